The minimum atomic E-state index is -3.57. The number of hydrogen-bond acceptors (Lipinski definition) is 5. The summed E-state index contributed by atoms with van der Waals surface area (Å²) in [6.45, 7) is 4.12. The van der Waals surface area contributed by atoms with E-state index in [1.54, 1.807) is 36.4 Å². The van der Waals surface area contributed by atoms with Crippen molar-refractivity contribution in [3.05, 3.63) is 87.3 Å². The monoisotopic (exact) mass is 491 g/mol. The lowest BCUT2D eigenvalue weighted by atomic mass is 10.1. The smallest absolute Gasteiger partial charge is 0.251 e. The first-order valence-electron chi connectivity index (χ1n) is 10.2. The number of hydrogen-bond donors (Lipinski definition) is 3. The molecule has 3 N–H and O–H groups in total. The van der Waals surface area contributed by atoms with Crippen LogP contribution in [0.4, 0.5) is 0 Å². The number of amides is 1. The van der Waals surface area contributed by atoms with Crippen molar-refractivity contribution < 1.29 is 13.2 Å². The molecule has 0 unspecified atom stereocenters. The Morgan fingerprint density at radius 1 is 0.938 bits per heavy atom. The van der Waals surface area contributed by atoms with E-state index in [0.717, 1.165) is 22.8 Å². The van der Waals surface area contributed by atoms with E-state index in [0.29, 0.717) is 30.1 Å². The standard InChI is InChI=1S/C23H26ClN3O3S2/c1-17-3-5-18(6-4-17)15-25-13-2-14-27-32(29,30)22-12-11-21(31-22)16-26-23(28)19-7-9-20(24)10-8-19/h3-12,25,27H,2,13-16H2,1H3,(H,26,28). The summed E-state index contributed by atoms with van der Waals surface area (Å²) in [5, 5.41) is 6.66. The first-order valence-corrected chi connectivity index (χ1v) is 12.9. The first kappa shape index (κ1) is 24.4. The van der Waals surface area contributed by atoms with Crippen LogP contribution in [0.15, 0.2) is 64.9 Å². The second-order valence-electron chi connectivity index (χ2n) is 7.32. The van der Waals surface area contributed by atoms with E-state index in [2.05, 4.69) is 46.5 Å². The molecule has 0 spiro atoms. The maximum Gasteiger partial charge on any atom is 0.251 e. The largest absolute Gasteiger partial charge is 0.347 e. The van der Waals surface area contributed by atoms with Crippen molar-refractivity contribution in [3.8, 4) is 0 Å². The highest BCUT2D eigenvalue weighted by Gasteiger charge is 2.16. The number of thiophene rings is 1. The van der Waals surface area contributed by atoms with Gasteiger partial charge in [-0.25, -0.2) is 13.1 Å². The maximum atomic E-state index is 12.5. The summed E-state index contributed by atoms with van der Waals surface area (Å²) >= 11 is 6.97. The Bertz CT molecular complexity index is 1130. The summed E-state index contributed by atoms with van der Waals surface area (Å²) in [5.74, 6) is -0.240. The normalized spacial score (nSPS) is 11.4. The summed E-state index contributed by atoms with van der Waals surface area (Å²) in [5.41, 5.74) is 2.92. The molecule has 3 aromatic rings. The zero-order valence-electron chi connectivity index (χ0n) is 17.7. The van der Waals surface area contributed by atoms with Gasteiger partial charge in [0.15, 0.2) is 0 Å². The van der Waals surface area contributed by atoms with Gasteiger partial charge in [-0.1, -0.05) is 41.4 Å². The van der Waals surface area contributed by atoms with Gasteiger partial charge in [-0.05, 0) is 61.9 Å². The van der Waals surface area contributed by atoms with Crippen molar-refractivity contribution >= 4 is 38.9 Å². The van der Waals surface area contributed by atoms with Crippen molar-refractivity contribution in [2.24, 2.45) is 0 Å². The van der Waals surface area contributed by atoms with Gasteiger partial charge in [-0.2, -0.15) is 0 Å². The number of nitrogens with one attached hydrogen (secondary N) is 3. The fourth-order valence-corrected chi connectivity index (χ4v) is 5.44. The summed E-state index contributed by atoms with van der Waals surface area (Å²) in [6, 6.07) is 18.2. The molecule has 0 fully saturated rings. The van der Waals surface area contributed by atoms with Crippen LogP contribution in [0.25, 0.3) is 0 Å². The quantitative estimate of drug-likeness (QED) is 0.352. The van der Waals surface area contributed by atoms with Gasteiger partial charge in [-0.3, -0.25) is 4.79 Å². The Labute approximate surface area is 198 Å². The second kappa shape index (κ2) is 11.6. The van der Waals surface area contributed by atoms with E-state index in [1.165, 1.54) is 11.1 Å². The SMILES string of the molecule is Cc1ccc(CNCCCNS(=O)(=O)c2ccc(CNC(=O)c3ccc(Cl)cc3)s2)cc1. The van der Waals surface area contributed by atoms with Crippen molar-refractivity contribution in [2.75, 3.05) is 13.1 Å². The predicted molar refractivity (Wildman–Crippen MR) is 130 cm³/mol. The molecule has 0 aliphatic carbocycles. The average Bonchev–Trinajstić information content (AvgIpc) is 3.26. The number of aryl methyl sites for hydroxylation is 1. The summed E-state index contributed by atoms with van der Waals surface area (Å²) in [4.78, 5) is 12.9. The van der Waals surface area contributed by atoms with E-state index in [9.17, 15) is 13.2 Å². The number of carbonyl (C=O) groups excluding carboxylic acids is 1. The van der Waals surface area contributed by atoms with Crippen molar-refractivity contribution in [1.82, 2.24) is 15.4 Å². The molecule has 0 radical (unpaired) electrons. The summed E-state index contributed by atoms with van der Waals surface area (Å²) < 4.78 is 27.9. The second-order valence-corrected chi connectivity index (χ2v) is 10.9. The van der Waals surface area contributed by atoms with Crippen LogP contribution in [0, 0.1) is 6.92 Å². The van der Waals surface area contributed by atoms with Gasteiger partial charge in [0.1, 0.15) is 4.21 Å². The molecule has 1 heterocycles. The lowest BCUT2D eigenvalue weighted by Crippen LogP contribution is -2.27. The van der Waals surface area contributed by atoms with Crippen LogP contribution in [0.3, 0.4) is 0 Å². The average molecular weight is 492 g/mol. The Morgan fingerprint density at radius 2 is 1.66 bits per heavy atom. The molecule has 170 valence electrons. The Hall–Kier alpha value is -2.23. The van der Waals surface area contributed by atoms with Gasteiger partial charge in [0.05, 0.1) is 6.54 Å². The molecule has 9 heteroatoms. The molecule has 32 heavy (non-hydrogen) atoms. The third-order valence-electron chi connectivity index (χ3n) is 4.70. The minimum Gasteiger partial charge on any atom is -0.347 e. The topological polar surface area (TPSA) is 87.3 Å². The van der Waals surface area contributed by atoms with Crippen LogP contribution >= 0.6 is 22.9 Å². The predicted octanol–water partition coefficient (Wildman–Crippen LogP) is 4.10. The number of sulfonamides is 1. The zero-order chi connectivity index (χ0) is 23.0. The van der Waals surface area contributed by atoms with E-state index >= 15 is 0 Å². The molecule has 6 nitrogen and oxygen atoms in total. The number of halogens is 1. The van der Waals surface area contributed by atoms with E-state index < -0.39 is 10.0 Å². The molecule has 2 aromatic carbocycles. The summed E-state index contributed by atoms with van der Waals surface area (Å²) in [7, 11) is -3.57. The van der Waals surface area contributed by atoms with E-state index in [4.69, 9.17) is 11.6 Å². The highest BCUT2D eigenvalue weighted by molar-refractivity contribution is 7.91. The lowest BCUT2D eigenvalue weighted by Gasteiger charge is -2.07. The van der Waals surface area contributed by atoms with Crippen LogP contribution < -0.4 is 15.4 Å². The third kappa shape index (κ3) is 7.43. The molecule has 1 aromatic heterocycles. The number of carbonyl (C=O) groups is 1. The molecule has 0 atom stereocenters. The molecule has 0 aliphatic rings. The highest BCUT2D eigenvalue weighted by Crippen LogP contribution is 2.21. The number of rotatable bonds is 11. The molecule has 3 rings (SSSR count). The van der Waals surface area contributed by atoms with E-state index in [-0.39, 0.29) is 16.7 Å². The fourth-order valence-electron chi connectivity index (χ4n) is 2.90. The fraction of sp³-hybridized carbons (Fsp3) is 0.261. The van der Waals surface area contributed by atoms with Crippen LogP contribution in [-0.2, 0) is 23.1 Å². The Morgan fingerprint density at radius 3 is 2.38 bits per heavy atom. The Balaban J connectivity index is 1.39. The molecule has 0 bridgehead atoms. The zero-order valence-corrected chi connectivity index (χ0v) is 20.1. The molecule has 1 amide bonds. The maximum absolute atomic E-state index is 12.5. The van der Waals surface area contributed by atoms with Crippen LogP contribution in [-0.4, -0.2) is 27.4 Å². The lowest BCUT2D eigenvalue weighted by molar-refractivity contribution is 0.0951. The summed E-state index contributed by atoms with van der Waals surface area (Å²) in [6.07, 6.45) is 0.681. The van der Waals surface area contributed by atoms with Gasteiger partial charge in [0.25, 0.3) is 5.91 Å². The molecular weight excluding hydrogens is 466 g/mol. The van der Waals surface area contributed by atoms with E-state index in [1.807, 2.05) is 0 Å². The van der Waals surface area contributed by atoms with Crippen LogP contribution in [0.2, 0.25) is 5.02 Å². The first-order chi connectivity index (χ1) is 15.3. The van der Waals surface area contributed by atoms with Crippen molar-refractivity contribution in [2.45, 2.75) is 30.6 Å². The molecule has 0 saturated carbocycles. The molecular formula is C23H26ClN3O3S2. The van der Waals surface area contributed by atoms with Gasteiger partial charge >= 0.3 is 0 Å². The highest BCUT2D eigenvalue weighted by atomic mass is 35.5. The minimum absolute atomic E-state index is 0.237. The Kier molecular flexibility index (Phi) is 8.84. The van der Waals surface area contributed by atoms with Gasteiger partial charge < -0.3 is 10.6 Å². The van der Waals surface area contributed by atoms with Gasteiger partial charge in [0.2, 0.25) is 10.0 Å². The van der Waals surface area contributed by atoms with Crippen LogP contribution in [0.1, 0.15) is 32.8 Å². The number of benzene rings is 2. The van der Waals surface area contributed by atoms with Gasteiger partial charge in [-0.15, -0.1) is 11.3 Å². The van der Waals surface area contributed by atoms with Crippen molar-refractivity contribution in [1.29, 1.82) is 0 Å². The van der Waals surface area contributed by atoms with Gasteiger partial charge in [0, 0.05) is 28.6 Å². The molecule has 0 saturated heterocycles. The molecule has 0 aliphatic heterocycles. The van der Waals surface area contributed by atoms with Crippen molar-refractivity contribution in [3.63, 3.8) is 0 Å². The van der Waals surface area contributed by atoms with Crippen LogP contribution in [0.5, 0.6) is 0 Å². The third-order valence-corrected chi connectivity index (χ3v) is 7.99.